The molecule has 0 saturated heterocycles. The summed E-state index contributed by atoms with van der Waals surface area (Å²) in [6.07, 6.45) is 1.47. The van der Waals surface area contributed by atoms with Crippen LogP contribution in [0.3, 0.4) is 0 Å². The van der Waals surface area contributed by atoms with Crippen molar-refractivity contribution < 1.29 is 14.3 Å². The molecule has 0 bridgehead atoms. The molecular weight excluding hydrogens is 322 g/mol. The van der Waals surface area contributed by atoms with E-state index in [1.807, 2.05) is 6.07 Å². The minimum Gasteiger partial charge on any atom is -0.484 e. The van der Waals surface area contributed by atoms with Crippen LogP contribution in [-0.2, 0) is 4.79 Å². The molecule has 0 spiro atoms. The molecule has 3 rings (SSSR count). The van der Waals surface area contributed by atoms with Gasteiger partial charge in [0.2, 0.25) is 0 Å². The Balaban J connectivity index is 1.60. The van der Waals surface area contributed by atoms with Gasteiger partial charge < -0.3 is 10.1 Å². The summed E-state index contributed by atoms with van der Waals surface area (Å²) < 4.78 is 6.98. The van der Waals surface area contributed by atoms with Crippen molar-refractivity contribution in [3.05, 3.63) is 60.4 Å². The van der Waals surface area contributed by atoms with Crippen LogP contribution in [0.15, 0.2) is 54.9 Å². The van der Waals surface area contributed by atoms with Gasteiger partial charge in [0.25, 0.3) is 5.91 Å². The normalized spacial score (nSPS) is 10.3. The predicted molar refractivity (Wildman–Crippen MR) is 89.7 cm³/mol. The van der Waals surface area contributed by atoms with Crippen LogP contribution in [0.2, 0.25) is 0 Å². The average molecular weight is 337 g/mol. The van der Waals surface area contributed by atoms with Gasteiger partial charge in [0.05, 0.1) is 5.69 Å². The second kappa shape index (κ2) is 7.35. The Morgan fingerprint density at radius 2 is 2.00 bits per heavy atom. The largest absolute Gasteiger partial charge is 0.484 e. The smallest absolute Gasteiger partial charge is 0.262 e. The zero-order chi connectivity index (χ0) is 17.6. The fourth-order valence-corrected chi connectivity index (χ4v) is 2.16. The Labute approximate surface area is 143 Å². The van der Waals surface area contributed by atoms with Crippen molar-refractivity contribution in [3.63, 3.8) is 0 Å². The van der Waals surface area contributed by atoms with E-state index < -0.39 is 0 Å². The molecule has 8 heteroatoms. The maximum absolute atomic E-state index is 12.0. The van der Waals surface area contributed by atoms with Crippen molar-refractivity contribution in [1.82, 2.24) is 20.2 Å². The summed E-state index contributed by atoms with van der Waals surface area (Å²) in [7, 11) is 0. The quantitative estimate of drug-likeness (QED) is 0.690. The molecule has 1 amide bonds. The molecule has 0 radical (unpaired) electrons. The number of tetrazole rings is 1. The Morgan fingerprint density at radius 1 is 1.16 bits per heavy atom. The van der Waals surface area contributed by atoms with Gasteiger partial charge in [-0.15, -0.1) is 5.10 Å². The first-order valence-electron chi connectivity index (χ1n) is 7.49. The van der Waals surface area contributed by atoms with Crippen LogP contribution in [0.5, 0.6) is 5.75 Å². The molecule has 1 N–H and O–H groups in total. The van der Waals surface area contributed by atoms with Crippen molar-refractivity contribution in [2.75, 3.05) is 11.9 Å². The number of Topliss-reactive ketones (excluding diaryl/α,β-unsaturated/α-hetero) is 1. The minimum absolute atomic E-state index is 0.0632. The van der Waals surface area contributed by atoms with E-state index in [0.29, 0.717) is 17.0 Å². The fourth-order valence-electron chi connectivity index (χ4n) is 2.16. The number of anilines is 1. The number of ketones is 1. The van der Waals surface area contributed by atoms with E-state index in [-0.39, 0.29) is 18.3 Å². The first kappa shape index (κ1) is 16.3. The molecule has 0 atom stereocenters. The number of hydrogen-bond acceptors (Lipinski definition) is 6. The van der Waals surface area contributed by atoms with Crippen molar-refractivity contribution in [1.29, 1.82) is 0 Å². The summed E-state index contributed by atoms with van der Waals surface area (Å²) in [6.45, 7) is 1.31. The molecule has 1 aromatic heterocycles. The second-order valence-corrected chi connectivity index (χ2v) is 5.23. The fraction of sp³-hybridized carbons (Fsp3) is 0.118. The number of rotatable bonds is 6. The van der Waals surface area contributed by atoms with Crippen LogP contribution >= 0.6 is 0 Å². The molecule has 0 saturated carbocycles. The van der Waals surface area contributed by atoms with Gasteiger partial charge in [-0.1, -0.05) is 18.2 Å². The standard InChI is InChI=1S/C17H15N5O3/c1-12(23)13-4-2-5-14(8-13)19-17(24)10-25-16-7-3-6-15(9-16)22-11-18-20-21-22/h2-9,11H,10H2,1H3,(H,19,24). The molecule has 8 nitrogen and oxygen atoms in total. The van der Waals surface area contributed by atoms with Gasteiger partial charge in [-0.3, -0.25) is 9.59 Å². The molecule has 25 heavy (non-hydrogen) atoms. The van der Waals surface area contributed by atoms with Gasteiger partial charge in [-0.05, 0) is 41.6 Å². The number of hydrogen-bond donors (Lipinski definition) is 1. The Morgan fingerprint density at radius 3 is 2.76 bits per heavy atom. The molecule has 0 unspecified atom stereocenters. The second-order valence-electron chi connectivity index (χ2n) is 5.23. The zero-order valence-electron chi connectivity index (χ0n) is 13.4. The van der Waals surface area contributed by atoms with Gasteiger partial charge in [0, 0.05) is 17.3 Å². The highest BCUT2D eigenvalue weighted by Gasteiger charge is 2.07. The van der Waals surface area contributed by atoms with E-state index in [1.165, 1.54) is 17.9 Å². The molecule has 0 aliphatic carbocycles. The van der Waals surface area contributed by atoms with E-state index >= 15 is 0 Å². The van der Waals surface area contributed by atoms with Crippen LogP contribution in [0.25, 0.3) is 5.69 Å². The summed E-state index contributed by atoms with van der Waals surface area (Å²) in [5.41, 5.74) is 1.80. The van der Waals surface area contributed by atoms with Crippen molar-refractivity contribution in [3.8, 4) is 11.4 Å². The van der Waals surface area contributed by atoms with Gasteiger partial charge >= 0.3 is 0 Å². The number of amides is 1. The Hall–Kier alpha value is -3.55. The molecule has 2 aromatic carbocycles. The van der Waals surface area contributed by atoms with E-state index in [9.17, 15) is 9.59 Å². The van der Waals surface area contributed by atoms with Gasteiger partial charge in [0.15, 0.2) is 12.4 Å². The molecular formula is C17H15N5O3. The number of nitrogens with zero attached hydrogens (tertiary/aromatic N) is 4. The Kier molecular flexibility index (Phi) is 4.79. The van der Waals surface area contributed by atoms with Gasteiger partial charge in [-0.2, -0.15) is 0 Å². The third-order valence-electron chi connectivity index (χ3n) is 3.35. The zero-order valence-corrected chi connectivity index (χ0v) is 13.4. The minimum atomic E-state index is -0.325. The van der Waals surface area contributed by atoms with E-state index in [4.69, 9.17) is 4.74 Å². The van der Waals surface area contributed by atoms with Crippen LogP contribution < -0.4 is 10.1 Å². The lowest BCUT2D eigenvalue weighted by Crippen LogP contribution is -2.20. The molecule has 126 valence electrons. The lowest BCUT2D eigenvalue weighted by molar-refractivity contribution is -0.118. The summed E-state index contributed by atoms with van der Waals surface area (Å²) in [4.78, 5) is 23.4. The van der Waals surface area contributed by atoms with Crippen LogP contribution in [0.1, 0.15) is 17.3 Å². The first-order valence-corrected chi connectivity index (χ1v) is 7.49. The van der Waals surface area contributed by atoms with Crippen molar-refractivity contribution in [2.45, 2.75) is 6.92 Å². The lowest BCUT2D eigenvalue weighted by Gasteiger charge is -2.09. The maximum Gasteiger partial charge on any atom is 0.262 e. The van der Waals surface area contributed by atoms with Crippen molar-refractivity contribution >= 4 is 17.4 Å². The van der Waals surface area contributed by atoms with E-state index in [1.54, 1.807) is 42.5 Å². The monoisotopic (exact) mass is 337 g/mol. The van der Waals surface area contributed by atoms with Gasteiger partial charge in [-0.25, -0.2) is 4.68 Å². The molecule has 0 fully saturated rings. The highest BCUT2D eigenvalue weighted by molar-refractivity contribution is 5.97. The van der Waals surface area contributed by atoms with E-state index in [2.05, 4.69) is 20.8 Å². The molecule has 1 heterocycles. The Bertz CT molecular complexity index is 893. The SMILES string of the molecule is CC(=O)c1cccc(NC(=O)COc2cccc(-n3cnnn3)c2)c1. The first-order chi connectivity index (χ1) is 12.1. The van der Waals surface area contributed by atoms with Crippen LogP contribution in [-0.4, -0.2) is 38.5 Å². The average Bonchev–Trinajstić information content (AvgIpc) is 3.15. The number of ether oxygens (including phenoxy) is 1. The summed E-state index contributed by atoms with van der Waals surface area (Å²) in [5, 5.41) is 13.6. The summed E-state index contributed by atoms with van der Waals surface area (Å²) in [6, 6.07) is 13.8. The summed E-state index contributed by atoms with van der Waals surface area (Å²) in [5.74, 6) is 0.126. The predicted octanol–water partition coefficient (Wildman–Crippen LogP) is 1.88. The third-order valence-corrected chi connectivity index (χ3v) is 3.35. The third kappa shape index (κ3) is 4.25. The number of benzene rings is 2. The van der Waals surface area contributed by atoms with Gasteiger partial charge in [0.1, 0.15) is 12.1 Å². The van der Waals surface area contributed by atoms with Crippen LogP contribution in [0.4, 0.5) is 5.69 Å². The number of nitrogens with one attached hydrogen (secondary N) is 1. The number of carbonyl (C=O) groups excluding carboxylic acids is 2. The highest BCUT2D eigenvalue weighted by atomic mass is 16.5. The molecule has 0 aliphatic rings. The topological polar surface area (TPSA) is 99.0 Å². The number of aromatic nitrogens is 4. The van der Waals surface area contributed by atoms with Crippen molar-refractivity contribution in [2.24, 2.45) is 0 Å². The molecule has 0 aliphatic heterocycles. The summed E-state index contributed by atoms with van der Waals surface area (Å²) >= 11 is 0. The maximum atomic E-state index is 12.0. The lowest BCUT2D eigenvalue weighted by atomic mass is 10.1. The highest BCUT2D eigenvalue weighted by Crippen LogP contribution is 2.16. The molecule has 3 aromatic rings. The van der Waals surface area contributed by atoms with Crippen LogP contribution in [0, 0.1) is 0 Å². The van der Waals surface area contributed by atoms with E-state index in [0.717, 1.165) is 5.69 Å². The number of carbonyl (C=O) groups is 2.